The summed E-state index contributed by atoms with van der Waals surface area (Å²) in [7, 11) is 0. The van der Waals surface area contributed by atoms with Crippen LogP contribution in [0.1, 0.15) is 22.3 Å². The fourth-order valence-electron chi connectivity index (χ4n) is 12.2. The number of nitrogens with zero attached hydrogens (tertiary/aromatic N) is 1. The number of hydrogen-bond acceptors (Lipinski definition) is 2. The zero-order valence-electron chi connectivity index (χ0n) is 36.4. The van der Waals surface area contributed by atoms with E-state index in [2.05, 4.69) is 241 Å². The van der Waals surface area contributed by atoms with Crippen LogP contribution >= 0.6 is 11.3 Å². The molecule has 0 unspecified atom stereocenters. The van der Waals surface area contributed by atoms with Crippen LogP contribution in [0.15, 0.2) is 237 Å². The van der Waals surface area contributed by atoms with Crippen molar-refractivity contribution in [2.75, 3.05) is 4.90 Å². The van der Waals surface area contributed by atoms with Crippen LogP contribution in [-0.4, -0.2) is 0 Å². The molecule has 67 heavy (non-hydrogen) atoms. The highest BCUT2D eigenvalue weighted by Gasteiger charge is 2.52. The first-order valence-corrected chi connectivity index (χ1v) is 24.1. The number of rotatable bonds is 4. The first-order valence-electron chi connectivity index (χ1n) is 23.2. The molecule has 0 aliphatic heterocycles. The lowest BCUT2D eigenvalue weighted by Gasteiger charge is -2.33. The lowest BCUT2D eigenvalue weighted by molar-refractivity contribution is 0.794. The highest BCUT2D eigenvalue weighted by atomic mass is 32.1. The fourth-order valence-corrected chi connectivity index (χ4v) is 13.4. The minimum absolute atomic E-state index is 0.505. The summed E-state index contributed by atoms with van der Waals surface area (Å²) in [6.45, 7) is 0. The summed E-state index contributed by atoms with van der Waals surface area (Å²) in [6, 6.07) is 89.3. The average Bonchev–Trinajstić information content (AvgIpc) is 4.02. The molecule has 1 aromatic heterocycles. The third-order valence-corrected chi connectivity index (χ3v) is 16.2. The summed E-state index contributed by atoms with van der Waals surface area (Å²) >= 11 is 1.88. The predicted octanol–water partition coefficient (Wildman–Crippen LogP) is 18.1. The molecule has 0 amide bonds. The zero-order chi connectivity index (χ0) is 43.8. The van der Waals surface area contributed by atoms with Crippen molar-refractivity contribution < 1.29 is 0 Å². The van der Waals surface area contributed by atoms with Crippen molar-refractivity contribution >= 4 is 91.7 Å². The van der Waals surface area contributed by atoms with E-state index in [1.54, 1.807) is 0 Å². The van der Waals surface area contributed by atoms with Crippen LogP contribution in [0.4, 0.5) is 17.1 Å². The normalized spacial score (nSPS) is 13.2. The topological polar surface area (TPSA) is 3.24 Å². The molecule has 0 atom stereocenters. The molecule has 2 heteroatoms. The molecule has 0 saturated heterocycles. The van der Waals surface area contributed by atoms with Gasteiger partial charge in [-0.05, 0) is 142 Å². The number of benzene rings is 12. The van der Waals surface area contributed by atoms with Crippen LogP contribution in [-0.2, 0) is 5.41 Å². The van der Waals surface area contributed by atoms with Crippen molar-refractivity contribution in [1.29, 1.82) is 0 Å². The third kappa shape index (κ3) is 5.08. The van der Waals surface area contributed by atoms with Crippen molar-refractivity contribution in [3.63, 3.8) is 0 Å². The van der Waals surface area contributed by atoms with Gasteiger partial charge in [-0.15, -0.1) is 11.3 Å². The van der Waals surface area contributed by atoms with Gasteiger partial charge >= 0.3 is 0 Å². The molecule has 0 radical (unpaired) electrons. The van der Waals surface area contributed by atoms with Gasteiger partial charge in [0.05, 0.1) is 11.1 Å². The Morgan fingerprint density at radius 1 is 0.284 bits per heavy atom. The van der Waals surface area contributed by atoms with E-state index in [-0.39, 0.29) is 0 Å². The van der Waals surface area contributed by atoms with E-state index in [1.807, 2.05) is 11.3 Å². The second kappa shape index (κ2) is 13.9. The van der Waals surface area contributed by atoms with Gasteiger partial charge in [0.1, 0.15) is 0 Å². The van der Waals surface area contributed by atoms with E-state index in [0.29, 0.717) is 0 Å². The molecule has 2 aliphatic carbocycles. The monoisotopic (exact) mass is 865 g/mol. The Morgan fingerprint density at radius 2 is 0.776 bits per heavy atom. The van der Waals surface area contributed by atoms with Crippen LogP contribution in [0.5, 0.6) is 0 Å². The molecule has 0 bridgehead atoms. The summed E-state index contributed by atoms with van der Waals surface area (Å²) in [5.41, 5.74) is 15.8. The summed E-state index contributed by atoms with van der Waals surface area (Å²) in [5.74, 6) is 0. The number of thiophene rings is 1. The molecule has 15 rings (SSSR count). The van der Waals surface area contributed by atoms with E-state index < -0.39 is 5.41 Å². The van der Waals surface area contributed by atoms with Gasteiger partial charge in [0, 0.05) is 37.1 Å². The standard InChI is InChI=1S/C65H39NS/c1-2-16-41-35-43(31-29-40(41)15-1)66(44-32-34-49-47-19-4-3-17-45(47)46-18-5-6-20-48(46)56(49)37-44)62-39-61-57(38-55(62)42-30-33-54-53-24-10-14-28-63(53)67-64(54)36-42)52-23-9-13-27-60(52)65(61)58-25-11-7-21-50(58)51-22-8-12-26-59(51)65/h1-39H. The van der Waals surface area contributed by atoms with Crippen molar-refractivity contribution in [2.45, 2.75) is 5.41 Å². The predicted molar refractivity (Wildman–Crippen MR) is 286 cm³/mol. The van der Waals surface area contributed by atoms with Crippen molar-refractivity contribution in [1.82, 2.24) is 0 Å². The van der Waals surface area contributed by atoms with Crippen molar-refractivity contribution in [2.24, 2.45) is 0 Å². The maximum atomic E-state index is 2.58. The van der Waals surface area contributed by atoms with Crippen molar-refractivity contribution in [3.8, 4) is 33.4 Å². The quantitative estimate of drug-likeness (QED) is 0.159. The second-order valence-electron chi connectivity index (χ2n) is 18.3. The highest BCUT2D eigenvalue weighted by molar-refractivity contribution is 7.25. The molecule has 0 saturated carbocycles. The first kappa shape index (κ1) is 37.0. The largest absolute Gasteiger partial charge is 0.310 e. The molecule has 12 aromatic carbocycles. The summed E-state index contributed by atoms with van der Waals surface area (Å²) in [5, 5.41) is 12.6. The molecular formula is C65H39NS. The first-order chi connectivity index (χ1) is 33.2. The van der Waals surface area contributed by atoms with Gasteiger partial charge in [0.25, 0.3) is 0 Å². The van der Waals surface area contributed by atoms with Crippen molar-refractivity contribution in [3.05, 3.63) is 259 Å². The highest BCUT2D eigenvalue weighted by Crippen LogP contribution is 2.64. The minimum atomic E-state index is -0.505. The van der Waals surface area contributed by atoms with Crippen LogP contribution < -0.4 is 4.90 Å². The Morgan fingerprint density at radius 3 is 1.46 bits per heavy atom. The Hall–Kier alpha value is -8.30. The van der Waals surface area contributed by atoms with Crippen LogP contribution in [0.3, 0.4) is 0 Å². The maximum absolute atomic E-state index is 2.58. The Bertz CT molecular complexity index is 4170. The Kier molecular flexibility index (Phi) is 7.65. The molecule has 1 nitrogen and oxygen atoms in total. The van der Waals surface area contributed by atoms with E-state index >= 15 is 0 Å². The molecule has 0 N–H and O–H groups in total. The molecular weight excluding hydrogens is 827 g/mol. The SMILES string of the molecule is c1ccc2c(c1)-c1ccccc1C21c2ccccc2-c2cc(-c3ccc4c(c3)sc3ccccc34)c(N(c3ccc4ccccc4c3)c3ccc4c5ccccc5c5ccccc5c4c3)cc21. The number of anilines is 3. The fraction of sp³-hybridized carbons (Fsp3) is 0.0154. The molecule has 1 spiro atoms. The smallest absolute Gasteiger partial charge is 0.0726 e. The van der Waals surface area contributed by atoms with Gasteiger partial charge in [-0.2, -0.15) is 0 Å². The Labute approximate surface area is 392 Å². The molecule has 2 aliphatic rings. The van der Waals surface area contributed by atoms with Gasteiger partial charge in [-0.1, -0.05) is 188 Å². The van der Waals surface area contributed by atoms with E-state index in [0.717, 1.165) is 17.1 Å². The lowest BCUT2D eigenvalue weighted by atomic mass is 9.70. The third-order valence-electron chi connectivity index (χ3n) is 15.0. The zero-order valence-corrected chi connectivity index (χ0v) is 37.2. The van der Waals surface area contributed by atoms with E-state index in [1.165, 1.54) is 119 Å². The van der Waals surface area contributed by atoms with Gasteiger partial charge in [-0.25, -0.2) is 0 Å². The number of hydrogen-bond donors (Lipinski definition) is 0. The Balaban J connectivity index is 1.09. The molecule has 310 valence electrons. The second-order valence-corrected chi connectivity index (χ2v) is 19.4. The molecule has 1 heterocycles. The van der Waals surface area contributed by atoms with Gasteiger partial charge in [-0.3, -0.25) is 0 Å². The molecule has 0 fully saturated rings. The number of fused-ring (bicyclic) bond motifs is 20. The lowest BCUT2D eigenvalue weighted by Crippen LogP contribution is -2.26. The van der Waals surface area contributed by atoms with Gasteiger partial charge < -0.3 is 4.90 Å². The van der Waals surface area contributed by atoms with E-state index in [4.69, 9.17) is 0 Å². The average molecular weight is 866 g/mol. The summed E-state index contributed by atoms with van der Waals surface area (Å²) in [4.78, 5) is 2.56. The van der Waals surface area contributed by atoms with Gasteiger partial charge in [0.15, 0.2) is 0 Å². The van der Waals surface area contributed by atoms with Gasteiger partial charge in [0.2, 0.25) is 0 Å². The van der Waals surface area contributed by atoms with E-state index in [9.17, 15) is 0 Å². The summed E-state index contributed by atoms with van der Waals surface area (Å²) in [6.07, 6.45) is 0. The minimum Gasteiger partial charge on any atom is -0.310 e. The molecule has 13 aromatic rings. The van der Waals surface area contributed by atoms with Crippen LogP contribution in [0, 0.1) is 0 Å². The maximum Gasteiger partial charge on any atom is 0.0726 e. The van der Waals surface area contributed by atoms with Crippen LogP contribution in [0.2, 0.25) is 0 Å². The van der Waals surface area contributed by atoms with Crippen LogP contribution in [0.25, 0.3) is 96.6 Å². The summed E-state index contributed by atoms with van der Waals surface area (Å²) < 4.78 is 2.61.